The second kappa shape index (κ2) is 11.6. The van der Waals surface area contributed by atoms with E-state index < -0.39 is 0 Å². The highest BCUT2D eigenvalue weighted by molar-refractivity contribution is 5.25. The minimum absolute atomic E-state index is 0.785. The van der Waals surface area contributed by atoms with Gasteiger partial charge in [0.05, 0.1) is 6.61 Å². The van der Waals surface area contributed by atoms with E-state index in [4.69, 9.17) is 4.74 Å². The van der Waals surface area contributed by atoms with Gasteiger partial charge >= 0.3 is 0 Å². The SMILES string of the molecule is CCCCCCCOc1cc(CNCC)cc(CCC)n1. The summed E-state index contributed by atoms with van der Waals surface area (Å²) in [5.74, 6) is 0.796. The van der Waals surface area contributed by atoms with Crippen LogP contribution in [0.1, 0.15) is 70.6 Å². The van der Waals surface area contributed by atoms with Crippen molar-refractivity contribution in [1.29, 1.82) is 0 Å². The van der Waals surface area contributed by atoms with Gasteiger partial charge in [0.25, 0.3) is 0 Å². The second-order valence-electron chi connectivity index (χ2n) is 5.60. The highest BCUT2D eigenvalue weighted by atomic mass is 16.5. The Morgan fingerprint density at radius 2 is 1.81 bits per heavy atom. The van der Waals surface area contributed by atoms with Gasteiger partial charge in [-0.05, 0) is 31.0 Å². The fourth-order valence-corrected chi connectivity index (χ4v) is 2.33. The Morgan fingerprint density at radius 1 is 1.00 bits per heavy atom. The highest BCUT2D eigenvalue weighted by Crippen LogP contribution is 2.15. The number of unbranched alkanes of at least 4 members (excludes halogenated alkanes) is 4. The Kier molecular flexibility index (Phi) is 9.88. The van der Waals surface area contributed by atoms with Crippen LogP contribution in [0.2, 0.25) is 0 Å². The summed E-state index contributed by atoms with van der Waals surface area (Å²) in [5.41, 5.74) is 2.42. The molecular formula is C18H32N2O. The van der Waals surface area contributed by atoms with Gasteiger partial charge in [0.1, 0.15) is 0 Å². The molecule has 0 aliphatic rings. The molecule has 1 aromatic heterocycles. The van der Waals surface area contributed by atoms with E-state index in [1.54, 1.807) is 0 Å². The van der Waals surface area contributed by atoms with E-state index in [0.717, 1.165) is 50.5 Å². The fraction of sp³-hybridized carbons (Fsp3) is 0.722. The number of aromatic nitrogens is 1. The summed E-state index contributed by atoms with van der Waals surface area (Å²) >= 11 is 0. The van der Waals surface area contributed by atoms with Crippen LogP contribution in [-0.2, 0) is 13.0 Å². The standard InChI is InChI=1S/C18H32N2O/c1-4-7-8-9-10-12-21-18-14-16(15-19-6-3)13-17(20-18)11-5-2/h13-14,19H,4-12,15H2,1-3H3. The van der Waals surface area contributed by atoms with Crippen LogP contribution in [-0.4, -0.2) is 18.1 Å². The first-order chi connectivity index (χ1) is 10.3. The molecule has 120 valence electrons. The molecule has 0 spiro atoms. The summed E-state index contributed by atoms with van der Waals surface area (Å²) < 4.78 is 5.85. The number of nitrogens with one attached hydrogen (secondary N) is 1. The third-order valence-electron chi connectivity index (χ3n) is 3.50. The molecule has 0 aliphatic carbocycles. The zero-order valence-electron chi connectivity index (χ0n) is 14.1. The minimum Gasteiger partial charge on any atom is -0.478 e. The lowest BCUT2D eigenvalue weighted by Gasteiger charge is -2.10. The Morgan fingerprint density at radius 3 is 2.52 bits per heavy atom. The molecule has 0 saturated carbocycles. The molecule has 0 amide bonds. The monoisotopic (exact) mass is 292 g/mol. The zero-order chi connectivity index (χ0) is 15.3. The number of hydrogen-bond donors (Lipinski definition) is 1. The molecule has 1 aromatic rings. The highest BCUT2D eigenvalue weighted by Gasteiger charge is 2.04. The van der Waals surface area contributed by atoms with Crippen molar-refractivity contribution >= 4 is 0 Å². The number of hydrogen-bond acceptors (Lipinski definition) is 3. The molecule has 0 aromatic carbocycles. The maximum absolute atomic E-state index is 5.85. The molecule has 0 bridgehead atoms. The van der Waals surface area contributed by atoms with Crippen LogP contribution in [0, 0.1) is 0 Å². The number of nitrogens with zero attached hydrogens (tertiary/aromatic N) is 1. The van der Waals surface area contributed by atoms with Crippen molar-refractivity contribution in [3.63, 3.8) is 0 Å². The number of rotatable bonds is 12. The molecule has 0 aliphatic heterocycles. The van der Waals surface area contributed by atoms with Gasteiger partial charge in [-0.2, -0.15) is 0 Å². The van der Waals surface area contributed by atoms with Crippen LogP contribution in [0.15, 0.2) is 12.1 Å². The van der Waals surface area contributed by atoms with E-state index in [1.807, 2.05) is 0 Å². The number of ether oxygens (including phenoxy) is 1. The largest absolute Gasteiger partial charge is 0.478 e. The molecule has 0 atom stereocenters. The third-order valence-corrected chi connectivity index (χ3v) is 3.50. The van der Waals surface area contributed by atoms with Gasteiger partial charge in [-0.1, -0.05) is 52.9 Å². The van der Waals surface area contributed by atoms with Gasteiger partial charge in [0, 0.05) is 18.3 Å². The Bertz CT molecular complexity index is 379. The molecule has 1 rings (SSSR count). The summed E-state index contributed by atoms with van der Waals surface area (Å²) in [6.45, 7) is 9.22. The van der Waals surface area contributed by atoms with Gasteiger partial charge in [0.2, 0.25) is 5.88 Å². The smallest absolute Gasteiger partial charge is 0.213 e. The van der Waals surface area contributed by atoms with E-state index in [0.29, 0.717) is 0 Å². The molecule has 3 heteroatoms. The molecule has 0 saturated heterocycles. The van der Waals surface area contributed by atoms with E-state index >= 15 is 0 Å². The molecule has 1 N–H and O–H groups in total. The summed E-state index contributed by atoms with van der Waals surface area (Å²) in [6.07, 6.45) is 8.46. The van der Waals surface area contributed by atoms with Crippen molar-refractivity contribution in [2.24, 2.45) is 0 Å². The summed E-state index contributed by atoms with van der Waals surface area (Å²) in [4.78, 5) is 4.62. The first-order valence-corrected chi connectivity index (χ1v) is 8.63. The Labute approximate surface area is 130 Å². The lowest BCUT2D eigenvalue weighted by atomic mass is 10.1. The van der Waals surface area contributed by atoms with Gasteiger partial charge in [-0.15, -0.1) is 0 Å². The van der Waals surface area contributed by atoms with Crippen LogP contribution >= 0.6 is 0 Å². The average Bonchev–Trinajstić information content (AvgIpc) is 2.49. The summed E-state index contributed by atoms with van der Waals surface area (Å²) in [5, 5.41) is 3.37. The first kappa shape index (κ1) is 18.0. The Balaban J connectivity index is 2.48. The zero-order valence-corrected chi connectivity index (χ0v) is 14.1. The lowest BCUT2D eigenvalue weighted by Crippen LogP contribution is -2.12. The number of aryl methyl sites for hydroxylation is 1. The van der Waals surface area contributed by atoms with Gasteiger partial charge in [-0.25, -0.2) is 4.98 Å². The second-order valence-corrected chi connectivity index (χ2v) is 5.60. The van der Waals surface area contributed by atoms with Gasteiger partial charge in [0.15, 0.2) is 0 Å². The minimum atomic E-state index is 0.785. The van der Waals surface area contributed by atoms with E-state index in [2.05, 4.69) is 43.2 Å². The third kappa shape index (κ3) is 8.05. The molecule has 21 heavy (non-hydrogen) atoms. The van der Waals surface area contributed by atoms with Crippen molar-refractivity contribution in [3.05, 3.63) is 23.4 Å². The van der Waals surface area contributed by atoms with E-state index in [9.17, 15) is 0 Å². The fourth-order valence-electron chi connectivity index (χ4n) is 2.33. The molecule has 0 unspecified atom stereocenters. The molecular weight excluding hydrogens is 260 g/mol. The van der Waals surface area contributed by atoms with Crippen LogP contribution in [0.25, 0.3) is 0 Å². The molecule has 3 nitrogen and oxygen atoms in total. The van der Waals surface area contributed by atoms with Crippen molar-refractivity contribution in [2.75, 3.05) is 13.2 Å². The van der Waals surface area contributed by atoms with Crippen molar-refractivity contribution in [1.82, 2.24) is 10.3 Å². The van der Waals surface area contributed by atoms with Crippen LogP contribution < -0.4 is 10.1 Å². The molecule has 0 fully saturated rings. The predicted octanol–water partition coefficient (Wildman–Crippen LogP) is 4.49. The maximum Gasteiger partial charge on any atom is 0.213 e. The molecule has 0 radical (unpaired) electrons. The quantitative estimate of drug-likeness (QED) is 0.576. The predicted molar refractivity (Wildman–Crippen MR) is 89.9 cm³/mol. The van der Waals surface area contributed by atoms with Crippen LogP contribution in [0.5, 0.6) is 5.88 Å². The topological polar surface area (TPSA) is 34.1 Å². The van der Waals surface area contributed by atoms with Crippen molar-refractivity contribution < 1.29 is 4.74 Å². The number of pyridine rings is 1. The summed E-state index contributed by atoms with van der Waals surface area (Å²) in [6, 6.07) is 4.27. The summed E-state index contributed by atoms with van der Waals surface area (Å²) in [7, 11) is 0. The maximum atomic E-state index is 5.85. The van der Waals surface area contributed by atoms with Crippen LogP contribution in [0.3, 0.4) is 0 Å². The van der Waals surface area contributed by atoms with Gasteiger partial charge < -0.3 is 10.1 Å². The van der Waals surface area contributed by atoms with E-state index in [-0.39, 0.29) is 0 Å². The van der Waals surface area contributed by atoms with Crippen molar-refractivity contribution in [2.45, 2.75) is 72.3 Å². The Hall–Kier alpha value is -1.09. The van der Waals surface area contributed by atoms with Crippen LogP contribution in [0.4, 0.5) is 0 Å². The van der Waals surface area contributed by atoms with Gasteiger partial charge in [-0.3, -0.25) is 0 Å². The average molecular weight is 292 g/mol. The normalized spacial score (nSPS) is 10.8. The van der Waals surface area contributed by atoms with E-state index in [1.165, 1.54) is 31.2 Å². The van der Waals surface area contributed by atoms with Crippen molar-refractivity contribution in [3.8, 4) is 5.88 Å². The molecule has 1 heterocycles. The lowest BCUT2D eigenvalue weighted by molar-refractivity contribution is 0.292. The first-order valence-electron chi connectivity index (χ1n) is 8.63.